The minimum atomic E-state index is 0.799. The number of hydrogen-bond acceptors (Lipinski definition) is 3. The van der Waals surface area contributed by atoms with Gasteiger partial charge in [-0.1, -0.05) is 52.7 Å². The highest BCUT2D eigenvalue weighted by Gasteiger charge is 2.17. The lowest BCUT2D eigenvalue weighted by molar-refractivity contribution is 0.396. The van der Waals surface area contributed by atoms with Crippen LogP contribution in [0.2, 0.25) is 0 Å². The molecule has 1 aromatic heterocycles. The molecule has 27 heavy (non-hydrogen) atoms. The van der Waals surface area contributed by atoms with E-state index in [1.165, 1.54) is 22.3 Å². The van der Waals surface area contributed by atoms with Crippen molar-refractivity contribution in [3.05, 3.63) is 81.4 Å². The monoisotopic (exact) mass is 356 g/mol. The lowest BCUT2D eigenvalue weighted by Crippen LogP contribution is -2.27. The molecule has 0 saturated heterocycles. The first kappa shape index (κ1) is 17.3. The Morgan fingerprint density at radius 2 is 1.63 bits per heavy atom. The molecule has 3 nitrogen and oxygen atoms in total. The summed E-state index contributed by atoms with van der Waals surface area (Å²) >= 11 is 0. The van der Waals surface area contributed by atoms with Crippen LogP contribution in [-0.4, -0.2) is 5.16 Å². The van der Waals surface area contributed by atoms with Gasteiger partial charge in [0.15, 0.2) is 5.42 Å². The fraction of sp³-hybridized carbons (Fsp3) is 0.208. The van der Waals surface area contributed by atoms with Crippen LogP contribution in [-0.2, 0) is 0 Å². The number of rotatable bonds is 3. The minimum Gasteiger partial charge on any atom is -0.358 e. The first-order valence-corrected chi connectivity index (χ1v) is 9.30. The Morgan fingerprint density at radius 1 is 0.926 bits per heavy atom. The zero-order chi connectivity index (χ0) is 19.0. The minimum absolute atomic E-state index is 0.799. The Morgan fingerprint density at radius 3 is 2.33 bits per heavy atom. The van der Waals surface area contributed by atoms with Gasteiger partial charge in [0.25, 0.3) is 0 Å². The number of aromatic nitrogens is 1. The Balaban J connectivity index is 1.95. The van der Waals surface area contributed by atoms with Gasteiger partial charge in [0, 0.05) is 23.4 Å². The van der Waals surface area contributed by atoms with Crippen molar-refractivity contribution in [3.8, 4) is 11.3 Å². The van der Waals surface area contributed by atoms with Crippen LogP contribution in [0.4, 0.5) is 5.69 Å². The van der Waals surface area contributed by atoms with E-state index < -0.39 is 0 Å². The summed E-state index contributed by atoms with van der Waals surface area (Å²) in [5, 5.41) is 9.11. The normalized spacial score (nSPS) is 13.1. The molecule has 0 spiro atoms. The fourth-order valence-electron chi connectivity index (χ4n) is 3.80. The topological polar surface area (TPSA) is 38.1 Å². The average Bonchev–Trinajstić information content (AvgIpc) is 2.91. The number of nitrogens with zero attached hydrogens (tertiary/aromatic N) is 1. The second kappa shape index (κ2) is 6.92. The summed E-state index contributed by atoms with van der Waals surface area (Å²) in [6.45, 7) is 8.50. The van der Waals surface area contributed by atoms with Crippen molar-refractivity contribution in [3.63, 3.8) is 0 Å². The van der Waals surface area contributed by atoms with Crippen LogP contribution in [0, 0.1) is 27.7 Å². The van der Waals surface area contributed by atoms with Gasteiger partial charge in [-0.25, -0.2) is 0 Å². The second-order valence-corrected chi connectivity index (χ2v) is 7.31. The Bertz CT molecular complexity index is 1130. The zero-order valence-corrected chi connectivity index (χ0v) is 16.3. The zero-order valence-electron chi connectivity index (χ0n) is 16.3. The molecule has 3 heteroatoms. The molecule has 0 atom stereocenters. The van der Waals surface area contributed by atoms with Crippen LogP contribution in [0.1, 0.15) is 28.7 Å². The van der Waals surface area contributed by atoms with E-state index >= 15 is 0 Å². The van der Waals surface area contributed by atoms with Gasteiger partial charge < -0.3 is 9.84 Å². The Labute approximate surface area is 159 Å². The smallest absolute Gasteiger partial charge is 0.169 e. The van der Waals surface area contributed by atoms with Crippen molar-refractivity contribution < 1.29 is 4.52 Å². The molecule has 0 aliphatic heterocycles. The molecule has 1 aliphatic rings. The summed E-state index contributed by atoms with van der Waals surface area (Å²) in [6.07, 6.45) is 6.97. The third-order valence-electron chi connectivity index (χ3n) is 4.99. The predicted molar refractivity (Wildman–Crippen MR) is 112 cm³/mol. The van der Waals surface area contributed by atoms with Crippen molar-refractivity contribution >= 4 is 17.5 Å². The maximum Gasteiger partial charge on any atom is 0.169 e. The first-order valence-electron chi connectivity index (χ1n) is 9.30. The lowest BCUT2D eigenvalue weighted by atomic mass is 9.96. The maximum atomic E-state index is 5.73. The Kier molecular flexibility index (Phi) is 4.44. The third kappa shape index (κ3) is 3.33. The van der Waals surface area contributed by atoms with Gasteiger partial charge in [-0.3, -0.25) is 0 Å². The van der Waals surface area contributed by atoms with Gasteiger partial charge >= 0.3 is 0 Å². The Hall–Kier alpha value is -3.07. The molecule has 1 N–H and O–H groups in total. The lowest BCUT2D eigenvalue weighted by Gasteiger charge is -2.12. The average molecular weight is 356 g/mol. The highest BCUT2D eigenvalue weighted by molar-refractivity contribution is 5.75. The number of hydrogen-bond donors (Lipinski definition) is 1. The second-order valence-electron chi connectivity index (χ2n) is 7.31. The summed E-state index contributed by atoms with van der Waals surface area (Å²) in [7, 11) is 0. The molecule has 0 fully saturated rings. The molecule has 2 aromatic carbocycles. The summed E-state index contributed by atoms with van der Waals surface area (Å²) < 4.78 is 5.73. The van der Waals surface area contributed by atoms with E-state index in [0.717, 1.165) is 39.7 Å². The van der Waals surface area contributed by atoms with E-state index in [2.05, 4.69) is 80.6 Å². The SMILES string of the molecule is Cc1ccc(NC2=c3c(-c4c(C)cc(C)cc4C)noc3=CC=CC2)cc1. The van der Waals surface area contributed by atoms with E-state index in [-0.39, 0.29) is 0 Å². The molecule has 0 unspecified atom stereocenters. The van der Waals surface area contributed by atoms with Gasteiger partial charge in [-0.15, -0.1) is 0 Å². The van der Waals surface area contributed by atoms with E-state index in [0.29, 0.717) is 0 Å². The van der Waals surface area contributed by atoms with E-state index in [1.54, 1.807) is 0 Å². The third-order valence-corrected chi connectivity index (χ3v) is 4.99. The fourth-order valence-corrected chi connectivity index (χ4v) is 3.80. The van der Waals surface area contributed by atoms with Crippen molar-refractivity contribution in [2.45, 2.75) is 34.1 Å². The van der Waals surface area contributed by atoms with E-state index in [9.17, 15) is 0 Å². The predicted octanol–water partition coefficient (Wildman–Crippen LogP) is 4.54. The van der Waals surface area contributed by atoms with Crippen LogP contribution < -0.4 is 16.0 Å². The summed E-state index contributed by atoms with van der Waals surface area (Å²) in [5.74, 6) is 0. The van der Waals surface area contributed by atoms with Crippen LogP contribution in [0.25, 0.3) is 23.0 Å². The standard InChI is InChI=1S/C24H24N2O/c1-15-9-11-19(12-10-15)25-20-7-5-6-8-21-23(20)24(26-27-21)22-17(3)13-16(2)14-18(22)4/h5-6,8-14,25H,7H2,1-4H3. The highest BCUT2D eigenvalue weighted by Crippen LogP contribution is 2.25. The molecule has 0 amide bonds. The van der Waals surface area contributed by atoms with Crippen molar-refractivity contribution in [1.82, 2.24) is 5.16 Å². The molecule has 0 radical (unpaired) electrons. The number of nitrogens with one attached hydrogen (secondary N) is 1. The summed E-state index contributed by atoms with van der Waals surface area (Å²) in [4.78, 5) is 0. The number of benzene rings is 2. The maximum absolute atomic E-state index is 5.73. The van der Waals surface area contributed by atoms with Crippen LogP contribution in [0.15, 0.2) is 53.1 Å². The van der Waals surface area contributed by atoms with Gasteiger partial charge in [0.2, 0.25) is 0 Å². The first-order chi connectivity index (χ1) is 13.0. The molecule has 0 saturated carbocycles. The van der Waals surface area contributed by atoms with Crippen molar-refractivity contribution in [1.29, 1.82) is 0 Å². The van der Waals surface area contributed by atoms with Gasteiger partial charge in [0.1, 0.15) is 5.69 Å². The van der Waals surface area contributed by atoms with Crippen LogP contribution in [0.5, 0.6) is 0 Å². The van der Waals surface area contributed by atoms with Crippen molar-refractivity contribution in [2.24, 2.45) is 0 Å². The molecule has 3 aromatic rings. The van der Waals surface area contributed by atoms with Gasteiger partial charge in [0.05, 0.1) is 5.22 Å². The van der Waals surface area contributed by atoms with Crippen LogP contribution >= 0.6 is 0 Å². The molecule has 0 bridgehead atoms. The highest BCUT2D eigenvalue weighted by atomic mass is 16.5. The molecule has 1 heterocycles. The van der Waals surface area contributed by atoms with Crippen molar-refractivity contribution in [2.75, 3.05) is 5.32 Å². The molecule has 4 rings (SSSR count). The molecular formula is C24H24N2O. The van der Waals surface area contributed by atoms with Crippen LogP contribution in [0.3, 0.4) is 0 Å². The number of allylic oxidation sites excluding steroid dienone is 1. The van der Waals surface area contributed by atoms with E-state index in [4.69, 9.17) is 4.52 Å². The van der Waals surface area contributed by atoms with Gasteiger partial charge in [-0.2, -0.15) is 0 Å². The van der Waals surface area contributed by atoms with Gasteiger partial charge in [-0.05, 0) is 57.0 Å². The number of aryl methyl sites for hydroxylation is 4. The summed E-state index contributed by atoms with van der Waals surface area (Å²) in [6, 6.07) is 12.9. The quantitative estimate of drug-likeness (QED) is 0.749. The molecular weight excluding hydrogens is 332 g/mol. The van der Waals surface area contributed by atoms with E-state index in [1.807, 2.05) is 12.2 Å². The molecule has 1 aliphatic carbocycles. The largest absolute Gasteiger partial charge is 0.358 e. The summed E-state index contributed by atoms with van der Waals surface area (Å²) in [5.41, 5.74) is 9.99. The molecule has 136 valence electrons. The number of fused-ring (bicyclic) bond motifs is 1. The number of anilines is 1.